The number of nitrogens with zero attached hydrogens (tertiary/aromatic N) is 4. The number of alkyl halides is 3. The molecule has 6 nitrogen and oxygen atoms in total. The first-order valence-electron chi connectivity index (χ1n) is 8.41. The van der Waals surface area contributed by atoms with Gasteiger partial charge in [0.1, 0.15) is 17.6 Å². The van der Waals surface area contributed by atoms with Crippen LogP contribution >= 0.6 is 0 Å². The minimum absolute atomic E-state index is 0.0141. The molecule has 0 aliphatic heterocycles. The van der Waals surface area contributed by atoms with Crippen molar-refractivity contribution in [2.75, 3.05) is 11.1 Å². The van der Waals surface area contributed by atoms with Crippen LogP contribution in [0.2, 0.25) is 0 Å². The monoisotopic (exact) mass is 396 g/mol. The van der Waals surface area contributed by atoms with Crippen molar-refractivity contribution < 1.29 is 13.2 Å². The molecule has 0 saturated carbocycles. The third-order valence-electron chi connectivity index (χ3n) is 4.03. The first-order chi connectivity index (χ1) is 13.8. The minimum Gasteiger partial charge on any atom is -0.383 e. The second-order valence-corrected chi connectivity index (χ2v) is 6.05. The Labute approximate surface area is 164 Å². The molecule has 2 aromatic carbocycles. The quantitative estimate of drug-likeness (QED) is 0.527. The Hall–Kier alpha value is -3.93. The summed E-state index contributed by atoms with van der Waals surface area (Å²) in [5.74, 6) is 0.252. The van der Waals surface area contributed by atoms with E-state index >= 15 is 0 Å². The van der Waals surface area contributed by atoms with Gasteiger partial charge in [-0.25, -0.2) is 4.98 Å². The summed E-state index contributed by atoms with van der Waals surface area (Å²) in [6, 6.07) is 15.5. The molecule has 0 radical (unpaired) electrons. The molecule has 0 spiro atoms. The molecule has 0 atom stereocenters. The van der Waals surface area contributed by atoms with Crippen molar-refractivity contribution in [1.82, 2.24) is 4.98 Å². The van der Waals surface area contributed by atoms with Gasteiger partial charge in [0, 0.05) is 11.3 Å². The SMILES string of the molecule is Cc1c(C#N)c(N)nc(Nc2ccccc2)c1/N=N/c1cccc(C(F)(F)F)c1. The van der Waals surface area contributed by atoms with Crippen molar-refractivity contribution >= 4 is 28.7 Å². The average Bonchev–Trinajstić information content (AvgIpc) is 2.68. The van der Waals surface area contributed by atoms with Crippen molar-refractivity contribution in [1.29, 1.82) is 5.26 Å². The van der Waals surface area contributed by atoms with Crippen molar-refractivity contribution in [2.24, 2.45) is 10.2 Å². The standard InChI is InChI=1S/C20H15F3N6/c1-12-16(11-24)18(25)27-19(26-14-7-3-2-4-8-14)17(12)29-28-15-9-5-6-13(10-15)20(21,22)23/h2-10H,1H3,(H3,25,26,27)/b29-28+. The number of para-hydroxylation sites is 1. The molecule has 0 aliphatic rings. The van der Waals surface area contributed by atoms with Gasteiger partial charge in [0.15, 0.2) is 5.82 Å². The zero-order valence-corrected chi connectivity index (χ0v) is 15.2. The number of benzene rings is 2. The van der Waals surface area contributed by atoms with E-state index in [2.05, 4.69) is 20.5 Å². The Kier molecular flexibility index (Phi) is 5.45. The van der Waals surface area contributed by atoms with Gasteiger partial charge in [-0.05, 0) is 37.3 Å². The molecule has 3 aromatic rings. The Morgan fingerprint density at radius 1 is 1.07 bits per heavy atom. The molecule has 0 fully saturated rings. The van der Waals surface area contributed by atoms with E-state index < -0.39 is 11.7 Å². The summed E-state index contributed by atoms with van der Waals surface area (Å²) in [7, 11) is 0. The molecule has 146 valence electrons. The van der Waals surface area contributed by atoms with Crippen LogP contribution in [0.25, 0.3) is 0 Å². The highest BCUT2D eigenvalue weighted by Gasteiger charge is 2.30. The highest BCUT2D eigenvalue weighted by molar-refractivity contribution is 5.76. The molecule has 3 rings (SSSR count). The van der Waals surface area contributed by atoms with Crippen LogP contribution in [0, 0.1) is 18.3 Å². The van der Waals surface area contributed by atoms with Crippen LogP contribution in [-0.4, -0.2) is 4.98 Å². The molecule has 9 heteroatoms. The Morgan fingerprint density at radius 3 is 2.45 bits per heavy atom. The number of nitriles is 1. The maximum absolute atomic E-state index is 12.9. The zero-order chi connectivity index (χ0) is 21.0. The molecule has 0 saturated heterocycles. The van der Waals surface area contributed by atoms with Crippen LogP contribution in [0.5, 0.6) is 0 Å². The van der Waals surface area contributed by atoms with Gasteiger partial charge in [0.2, 0.25) is 0 Å². The summed E-state index contributed by atoms with van der Waals surface area (Å²) in [5.41, 5.74) is 6.48. The normalized spacial score (nSPS) is 11.4. The number of pyridine rings is 1. The number of anilines is 3. The van der Waals surface area contributed by atoms with Gasteiger partial charge in [0.05, 0.1) is 16.8 Å². The third-order valence-corrected chi connectivity index (χ3v) is 4.03. The minimum atomic E-state index is -4.49. The predicted octanol–water partition coefficient (Wildman–Crippen LogP) is 6.02. The van der Waals surface area contributed by atoms with Crippen LogP contribution < -0.4 is 11.1 Å². The first kappa shape index (κ1) is 19.8. The molecular formula is C20H15F3N6. The third kappa shape index (κ3) is 4.50. The van der Waals surface area contributed by atoms with Crippen LogP contribution in [0.4, 0.5) is 41.9 Å². The van der Waals surface area contributed by atoms with Gasteiger partial charge in [-0.15, -0.1) is 5.11 Å². The van der Waals surface area contributed by atoms with E-state index in [1.165, 1.54) is 12.1 Å². The number of hydrogen-bond donors (Lipinski definition) is 2. The van der Waals surface area contributed by atoms with Crippen LogP contribution in [0.1, 0.15) is 16.7 Å². The van der Waals surface area contributed by atoms with E-state index in [4.69, 9.17) is 5.73 Å². The number of nitrogen functional groups attached to an aromatic ring is 1. The lowest BCUT2D eigenvalue weighted by Gasteiger charge is -2.12. The summed E-state index contributed by atoms with van der Waals surface area (Å²) in [6.07, 6.45) is -4.49. The molecule has 1 heterocycles. The number of nitrogens with one attached hydrogen (secondary N) is 1. The van der Waals surface area contributed by atoms with Crippen molar-refractivity contribution in [2.45, 2.75) is 13.1 Å². The van der Waals surface area contributed by atoms with Gasteiger partial charge in [-0.3, -0.25) is 0 Å². The van der Waals surface area contributed by atoms with Crippen LogP contribution in [0.15, 0.2) is 64.8 Å². The maximum atomic E-state index is 12.9. The van der Waals surface area contributed by atoms with E-state index in [-0.39, 0.29) is 28.6 Å². The largest absolute Gasteiger partial charge is 0.416 e. The molecule has 0 aliphatic carbocycles. The van der Waals surface area contributed by atoms with Gasteiger partial charge < -0.3 is 11.1 Å². The lowest BCUT2D eigenvalue weighted by atomic mass is 10.1. The lowest BCUT2D eigenvalue weighted by Crippen LogP contribution is -2.04. The number of azo groups is 1. The molecule has 1 aromatic heterocycles. The van der Waals surface area contributed by atoms with E-state index in [0.29, 0.717) is 11.3 Å². The fourth-order valence-corrected chi connectivity index (χ4v) is 2.58. The van der Waals surface area contributed by atoms with Crippen LogP contribution in [0.3, 0.4) is 0 Å². The van der Waals surface area contributed by atoms with E-state index in [9.17, 15) is 18.4 Å². The molecule has 0 unspecified atom stereocenters. The van der Waals surface area contributed by atoms with Gasteiger partial charge in [-0.2, -0.15) is 23.5 Å². The number of nitrogens with two attached hydrogens (primary N) is 1. The van der Waals surface area contributed by atoms with Crippen molar-refractivity contribution in [3.05, 3.63) is 71.3 Å². The molecular weight excluding hydrogens is 381 g/mol. The number of hydrogen-bond acceptors (Lipinski definition) is 6. The fraction of sp³-hybridized carbons (Fsp3) is 0.100. The molecule has 0 amide bonds. The smallest absolute Gasteiger partial charge is 0.383 e. The second kappa shape index (κ2) is 7.98. The number of aromatic nitrogens is 1. The Morgan fingerprint density at radius 2 is 1.79 bits per heavy atom. The summed E-state index contributed by atoms with van der Waals surface area (Å²) < 4.78 is 38.7. The summed E-state index contributed by atoms with van der Waals surface area (Å²) in [4.78, 5) is 4.18. The van der Waals surface area contributed by atoms with Crippen LogP contribution in [-0.2, 0) is 6.18 Å². The Balaban J connectivity index is 2.05. The molecule has 3 N–H and O–H groups in total. The second-order valence-electron chi connectivity index (χ2n) is 6.05. The predicted molar refractivity (Wildman–Crippen MR) is 103 cm³/mol. The lowest BCUT2D eigenvalue weighted by molar-refractivity contribution is -0.137. The van der Waals surface area contributed by atoms with E-state index in [1.807, 2.05) is 24.3 Å². The van der Waals surface area contributed by atoms with Crippen molar-refractivity contribution in [3.8, 4) is 6.07 Å². The summed E-state index contributed by atoms with van der Waals surface area (Å²) in [5, 5.41) is 20.4. The fourth-order valence-electron chi connectivity index (χ4n) is 2.58. The van der Waals surface area contributed by atoms with E-state index in [1.54, 1.807) is 19.1 Å². The molecule has 29 heavy (non-hydrogen) atoms. The van der Waals surface area contributed by atoms with E-state index in [0.717, 1.165) is 12.1 Å². The first-order valence-corrected chi connectivity index (χ1v) is 8.41. The maximum Gasteiger partial charge on any atom is 0.416 e. The van der Waals surface area contributed by atoms with Gasteiger partial charge in [-0.1, -0.05) is 24.3 Å². The Bertz CT molecular complexity index is 1100. The topological polar surface area (TPSA) is 99.5 Å². The average molecular weight is 396 g/mol. The summed E-state index contributed by atoms with van der Waals surface area (Å²) >= 11 is 0. The number of rotatable bonds is 4. The van der Waals surface area contributed by atoms with Gasteiger partial charge >= 0.3 is 6.18 Å². The van der Waals surface area contributed by atoms with Gasteiger partial charge in [0.25, 0.3) is 0 Å². The number of halogens is 3. The highest BCUT2D eigenvalue weighted by Crippen LogP contribution is 2.36. The zero-order valence-electron chi connectivity index (χ0n) is 15.2. The van der Waals surface area contributed by atoms with Crippen molar-refractivity contribution in [3.63, 3.8) is 0 Å². The highest BCUT2D eigenvalue weighted by atomic mass is 19.4. The molecule has 0 bridgehead atoms. The summed E-state index contributed by atoms with van der Waals surface area (Å²) in [6.45, 7) is 1.62.